The minimum Gasteiger partial charge on any atom is -0.463 e. The average molecular weight is 413 g/mol. The van der Waals surface area contributed by atoms with E-state index in [1.807, 2.05) is 0 Å². The lowest BCUT2D eigenvalue weighted by atomic mass is 10.0. The van der Waals surface area contributed by atoms with Crippen molar-refractivity contribution in [3.05, 3.63) is 12.2 Å². The highest BCUT2D eigenvalue weighted by Gasteiger charge is 2.40. The van der Waals surface area contributed by atoms with Crippen LogP contribution in [0.5, 0.6) is 0 Å². The zero-order chi connectivity index (χ0) is 21.7. The first kappa shape index (κ1) is 25.8. The molecule has 0 aromatic carbocycles. The number of Topliss-reactive ketones (excluding diaryl/α,β-unsaturated/α-hetero) is 1. The number of aliphatic hydroxyl groups is 1. The molecular formula is C23H40O6. The van der Waals surface area contributed by atoms with E-state index in [0.29, 0.717) is 13.0 Å². The Morgan fingerprint density at radius 2 is 1.76 bits per heavy atom. The van der Waals surface area contributed by atoms with Crippen LogP contribution in [0.1, 0.15) is 91.9 Å². The molecule has 6 heteroatoms. The van der Waals surface area contributed by atoms with E-state index >= 15 is 0 Å². The van der Waals surface area contributed by atoms with Gasteiger partial charge in [0.2, 0.25) is 0 Å². The number of esters is 1. The Morgan fingerprint density at radius 3 is 2.41 bits per heavy atom. The van der Waals surface area contributed by atoms with Gasteiger partial charge in [-0.05, 0) is 46.1 Å². The molecule has 0 aromatic rings. The van der Waals surface area contributed by atoms with E-state index < -0.39 is 24.0 Å². The zero-order valence-corrected chi connectivity index (χ0v) is 18.7. The molecule has 0 saturated carbocycles. The third kappa shape index (κ3) is 11.5. The maximum atomic E-state index is 12.4. The number of aliphatic hydroxyl groups excluding tert-OH is 1. The molecule has 0 aliphatic carbocycles. The lowest BCUT2D eigenvalue weighted by Crippen LogP contribution is -2.24. The van der Waals surface area contributed by atoms with E-state index in [0.717, 1.165) is 38.5 Å². The number of ether oxygens (including phenoxy) is 3. The van der Waals surface area contributed by atoms with Gasteiger partial charge in [0.1, 0.15) is 11.9 Å². The van der Waals surface area contributed by atoms with Crippen molar-refractivity contribution in [1.29, 1.82) is 0 Å². The van der Waals surface area contributed by atoms with Crippen LogP contribution in [0.15, 0.2) is 12.2 Å². The van der Waals surface area contributed by atoms with E-state index in [1.54, 1.807) is 26.8 Å². The predicted octanol–water partition coefficient (Wildman–Crippen LogP) is 4.48. The molecule has 0 unspecified atom stereocenters. The highest BCUT2D eigenvalue weighted by atomic mass is 16.7. The highest BCUT2D eigenvalue weighted by molar-refractivity contribution is 5.82. The second kappa shape index (κ2) is 13.9. The van der Waals surface area contributed by atoms with E-state index in [9.17, 15) is 14.7 Å². The van der Waals surface area contributed by atoms with E-state index in [2.05, 4.69) is 6.92 Å². The van der Waals surface area contributed by atoms with Gasteiger partial charge in [-0.3, -0.25) is 4.79 Å². The summed E-state index contributed by atoms with van der Waals surface area (Å²) in [6, 6.07) is 0. The van der Waals surface area contributed by atoms with E-state index in [1.165, 1.54) is 18.9 Å². The number of hydrogen-bond acceptors (Lipinski definition) is 6. The lowest BCUT2D eigenvalue weighted by molar-refractivity contribution is -0.146. The molecule has 1 aliphatic heterocycles. The highest BCUT2D eigenvalue weighted by Crippen LogP contribution is 2.31. The first-order valence-electron chi connectivity index (χ1n) is 11.2. The molecule has 168 valence electrons. The molecule has 1 rings (SSSR count). The summed E-state index contributed by atoms with van der Waals surface area (Å²) in [4.78, 5) is 23.9. The molecule has 3 atom stereocenters. The fourth-order valence-corrected chi connectivity index (χ4v) is 3.53. The van der Waals surface area contributed by atoms with E-state index in [-0.39, 0.29) is 18.3 Å². The molecule has 0 spiro atoms. The van der Waals surface area contributed by atoms with Crippen LogP contribution < -0.4 is 0 Å². The summed E-state index contributed by atoms with van der Waals surface area (Å²) < 4.78 is 16.5. The largest absolute Gasteiger partial charge is 0.463 e. The van der Waals surface area contributed by atoms with Crippen LogP contribution in [0.3, 0.4) is 0 Å². The van der Waals surface area contributed by atoms with Crippen LogP contribution in [-0.4, -0.2) is 47.6 Å². The summed E-state index contributed by atoms with van der Waals surface area (Å²) in [7, 11) is 0. The van der Waals surface area contributed by atoms with E-state index in [4.69, 9.17) is 14.2 Å². The van der Waals surface area contributed by atoms with Crippen molar-refractivity contribution in [2.24, 2.45) is 0 Å². The maximum Gasteiger partial charge on any atom is 0.330 e. The van der Waals surface area contributed by atoms with Gasteiger partial charge in [-0.2, -0.15) is 0 Å². The molecular weight excluding hydrogens is 372 g/mol. The van der Waals surface area contributed by atoms with Gasteiger partial charge in [0.05, 0.1) is 18.8 Å². The van der Waals surface area contributed by atoms with Crippen LogP contribution in [0.2, 0.25) is 0 Å². The molecule has 29 heavy (non-hydrogen) atoms. The van der Waals surface area contributed by atoms with Crippen molar-refractivity contribution in [2.45, 2.75) is 116 Å². The number of ketones is 1. The second-order valence-electron chi connectivity index (χ2n) is 8.24. The van der Waals surface area contributed by atoms with Gasteiger partial charge in [-0.15, -0.1) is 0 Å². The summed E-state index contributed by atoms with van der Waals surface area (Å²) in [5.41, 5.74) is 0. The number of hydrogen-bond donors (Lipinski definition) is 1. The van der Waals surface area contributed by atoms with Crippen molar-refractivity contribution in [3.63, 3.8) is 0 Å². The van der Waals surface area contributed by atoms with Crippen LogP contribution in [0, 0.1) is 0 Å². The third-order valence-electron chi connectivity index (χ3n) is 4.99. The monoisotopic (exact) mass is 412 g/mol. The number of unbranched alkanes of at least 4 members (excludes halogenated alkanes) is 4. The third-order valence-corrected chi connectivity index (χ3v) is 4.99. The Labute approximate surface area is 176 Å². The molecule has 1 saturated heterocycles. The predicted molar refractivity (Wildman–Crippen MR) is 112 cm³/mol. The fourth-order valence-electron chi connectivity index (χ4n) is 3.53. The minimum atomic E-state index is -0.789. The van der Waals surface area contributed by atoms with Crippen molar-refractivity contribution < 1.29 is 28.9 Å². The first-order valence-corrected chi connectivity index (χ1v) is 11.2. The lowest BCUT2D eigenvalue weighted by Gasteiger charge is -2.16. The van der Waals surface area contributed by atoms with Crippen LogP contribution in [0.25, 0.3) is 0 Å². The Hall–Kier alpha value is -1.24. The topological polar surface area (TPSA) is 82.1 Å². The van der Waals surface area contributed by atoms with Gasteiger partial charge in [0.25, 0.3) is 0 Å². The fraction of sp³-hybridized carbons (Fsp3) is 0.826. The molecule has 0 radical (unpaired) electrons. The molecule has 1 aliphatic rings. The average Bonchev–Trinajstić information content (AvgIpc) is 2.93. The quantitative estimate of drug-likeness (QED) is 0.243. The summed E-state index contributed by atoms with van der Waals surface area (Å²) in [6.07, 6.45) is 10.5. The molecule has 1 fully saturated rings. The summed E-state index contributed by atoms with van der Waals surface area (Å²) in [5, 5.41) is 9.94. The minimum absolute atomic E-state index is 0.134. The van der Waals surface area contributed by atoms with Gasteiger partial charge >= 0.3 is 5.97 Å². The van der Waals surface area contributed by atoms with Gasteiger partial charge in [-0.1, -0.05) is 39.0 Å². The normalized spacial score (nSPS) is 22.1. The first-order chi connectivity index (χ1) is 13.8. The smallest absolute Gasteiger partial charge is 0.330 e. The number of carbonyl (C=O) groups is 2. The summed E-state index contributed by atoms with van der Waals surface area (Å²) >= 11 is 0. The van der Waals surface area contributed by atoms with Crippen LogP contribution >= 0.6 is 0 Å². The SMILES string of the molecule is CCCCC[C@@H](O)CCCCCC(=O)C[C@@H]1OC(C)(C)O[C@@H]1/C=C/C(=O)OCC. The van der Waals surface area contributed by atoms with Gasteiger partial charge < -0.3 is 19.3 Å². The number of rotatable bonds is 15. The zero-order valence-electron chi connectivity index (χ0n) is 18.7. The van der Waals surface area contributed by atoms with Crippen LogP contribution in [-0.2, 0) is 23.8 Å². The second-order valence-corrected chi connectivity index (χ2v) is 8.24. The Morgan fingerprint density at radius 1 is 1.07 bits per heavy atom. The van der Waals surface area contributed by atoms with Gasteiger partial charge in [-0.25, -0.2) is 4.79 Å². The van der Waals surface area contributed by atoms with Crippen molar-refractivity contribution in [2.75, 3.05) is 6.61 Å². The Balaban J connectivity index is 2.31. The summed E-state index contributed by atoms with van der Waals surface area (Å²) in [5.74, 6) is -1.08. The maximum absolute atomic E-state index is 12.4. The van der Waals surface area contributed by atoms with Gasteiger partial charge in [0.15, 0.2) is 5.79 Å². The van der Waals surface area contributed by atoms with Crippen molar-refractivity contribution in [3.8, 4) is 0 Å². The molecule has 0 bridgehead atoms. The Bertz CT molecular complexity index is 513. The number of carbonyl (C=O) groups excluding carboxylic acids is 2. The van der Waals surface area contributed by atoms with Gasteiger partial charge in [0, 0.05) is 18.9 Å². The molecule has 1 N–H and O–H groups in total. The molecule has 1 heterocycles. The summed E-state index contributed by atoms with van der Waals surface area (Å²) in [6.45, 7) is 7.82. The van der Waals surface area contributed by atoms with Crippen molar-refractivity contribution >= 4 is 11.8 Å². The molecule has 0 aromatic heterocycles. The standard InChI is InChI=1S/C23H40O6/c1-5-7-9-12-18(24)13-10-8-11-14-19(25)17-21-20(28-23(3,4)29-21)15-16-22(26)27-6-2/h15-16,18,20-21,24H,5-14,17H2,1-4H3/b16-15+/t18-,20-,21+/m1/s1. The van der Waals surface area contributed by atoms with Crippen molar-refractivity contribution in [1.82, 2.24) is 0 Å². The van der Waals surface area contributed by atoms with Crippen LogP contribution in [0.4, 0.5) is 0 Å². The molecule has 0 amide bonds. The molecule has 6 nitrogen and oxygen atoms in total. The Kier molecular flexibility index (Phi) is 12.4.